The Balaban J connectivity index is 2.00. The minimum Gasteiger partial charge on any atom is -0.465 e. The summed E-state index contributed by atoms with van der Waals surface area (Å²) < 4.78 is 4.95. The Kier molecular flexibility index (Phi) is 3.51. The number of hydrogen-bond acceptors (Lipinski definition) is 5. The fourth-order valence-corrected chi connectivity index (χ4v) is 2.30. The molecule has 0 bridgehead atoms. The molecule has 2 saturated heterocycles. The second-order valence-electron chi connectivity index (χ2n) is 4.43. The van der Waals surface area contributed by atoms with Crippen molar-refractivity contribution >= 4 is 17.9 Å². The number of ether oxygens (including phenoxy) is 1. The van der Waals surface area contributed by atoms with Gasteiger partial charge in [0.25, 0.3) is 5.91 Å². The third-order valence-electron chi connectivity index (χ3n) is 3.38. The van der Waals surface area contributed by atoms with Gasteiger partial charge in [-0.1, -0.05) is 0 Å². The molecule has 2 fully saturated rings. The van der Waals surface area contributed by atoms with Crippen LogP contribution in [-0.4, -0.2) is 66.0 Å². The van der Waals surface area contributed by atoms with E-state index < -0.39 is 12.1 Å². The number of piperazine rings is 1. The van der Waals surface area contributed by atoms with Crippen LogP contribution in [0, 0.1) is 0 Å². The molecule has 7 heteroatoms. The van der Waals surface area contributed by atoms with Crippen LogP contribution in [0.4, 0.5) is 4.79 Å². The van der Waals surface area contributed by atoms with Crippen molar-refractivity contribution in [1.29, 1.82) is 0 Å². The zero-order chi connectivity index (χ0) is 13.3. The number of amides is 3. The molecule has 18 heavy (non-hydrogen) atoms. The highest BCUT2D eigenvalue weighted by molar-refractivity contribution is 6.04. The lowest BCUT2D eigenvalue weighted by atomic mass is 10.1. The van der Waals surface area contributed by atoms with E-state index in [9.17, 15) is 14.4 Å². The van der Waals surface area contributed by atoms with Gasteiger partial charge in [0.2, 0.25) is 0 Å². The van der Waals surface area contributed by atoms with Gasteiger partial charge in [-0.2, -0.15) is 0 Å². The molecular formula is C11H17N3O4. The Bertz CT molecular complexity index is 384. The average molecular weight is 255 g/mol. The van der Waals surface area contributed by atoms with Gasteiger partial charge in [-0.3, -0.25) is 19.8 Å². The number of nitrogens with one attached hydrogen (secondary N) is 1. The van der Waals surface area contributed by atoms with E-state index in [-0.39, 0.29) is 17.9 Å². The number of imide groups is 1. The van der Waals surface area contributed by atoms with Crippen LogP contribution in [0.2, 0.25) is 0 Å². The van der Waals surface area contributed by atoms with Crippen molar-refractivity contribution in [2.75, 3.05) is 26.2 Å². The minimum atomic E-state index is -0.483. The van der Waals surface area contributed by atoms with E-state index in [1.54, 1.807) is 13.8 Å². The third kappa shape index (κ3) is 2.17. The van der Waals surface area contributed by atoms with Crippen LogP contribution in [0.15, 0.2) is 0 Å². The van der Waals surface area contributed by atoms with Gasteiger partial charge in [0.05, 0.1) is 6.61 Å². The first-order valence-electron chi connectivity index (χ1n) is 6.06. The first kappa shape index (κ1) is 12.8. The van der Waals surface area contributed by atoms with Gasteiger partial charge < -0.3 is 9.64 Å². The van der Waals surface area contributed by atoms with Crippen molar-refractivity contribution in [1.82, 2.24) is 15.1 Å². The molecule has 0 aromatic carbocycles. The topological polar surface area (TPSA) is 79.0 Å². The standard InChI is InChI=1S/C11H17N3O4/c1-3-18-10(16)7(2)13-4-5-14-8(6-13)9(15)12-11(14)17/h7-8H,3-6H2,1-2H3,(H,12,15,17)/t7-,8-/m1/s1. The summed E-state index contributed by atoms with van der Waals surface area (Å²) in [6, 6.07) is -1.22. The molecule has 2 aliphatic rings. The van der Waals surface area contributed by atoms with Crippen LogP contribution >= 0.6 is 0 Å². The first-order valence-corrected chi connectivity index (χ1v) is 6.06. The molecule has 7 nitrogen and oxygen atoms in total. The molecule has 0 aliphatic carbocycles. The summed E-state index contributed by atoms with van der Waals surface area (Å²) >= 11 is 0. The molecule has 100 valence electrons. The lowest BCUT2D eigenvalue weighted by Gasteiger charge is -2.37. The van der Waals surface area contributed by atoms with E-state index in [4.69, 9.17) is 4.74 Å². The molecule has 0 aromatic heterocycles. The normalized spacial score (nSPS) is 25.7. The van der Waals surface area contributed by atoms with Crippen molar-refractivity contribution in [3.63, 3.8) is 0 Å². The lowest BCUT2D eigenvalue weighted by molar-refractivity contribution is -0.150. The molecule has 3 amide bonds. The smallest absolute Gasteiger partial charge is 0.324 e. The van der Waals surface area contributed by atoms with Gasteiger partial charge in [-0.25, -0.2) is 4.79 Å². The van der Waals surface area contributed by atoms with Gasteiger partial charge >= 0.3 is 12.0 Å². The fraction of sp³-hybridized carbons (Fsp3) is 0.727. The van der Waals surface area contributed by atoms with E-state index in [0.717, 1.165) is 0 Å². The van der Waals surface area contributed by atoms with E-state index in [0.29, 0.717) is 26.2 Å². The predicted molar refractivity (Wildman–Crippen MR) is 61.7 cm³/mol. The molecule has 0 unspecified atom stereocenters. The monoisotopic (exact) mass is 255 g/mol. The SMILES string of the molecule is CCOC(=O)[C@@H](C)N1CCN2C(=O)NC(=O)[C@H]2C1. The van der Waals surface area contributed by atoms with Crippen LogP contribution in [0.3, 0.4) is 0 Å². The second kappa shape index (κ2) is 4.93. The predicted octanol–water partition coefficient (Wildman–Crippen LogP) is -0.826. The van der Waals surface area contributed by atoms with Crippen molar-refractivity contribution in [2.45, 2.75) is 25.9 Å². The van der Waals surface area contributed by atoms with Crippen LogP contribution in [-0.2, 0) is 14.3 Å². The van der Waals surface area contributed by atoms with Gasteiger partial charge in [-0.05, 0) is 13.8 Å². The molecule has 0 spiro atoms. The second-order valence-corrected chi connectivity index (χ2v) is 4.43. The van der Waals surface area contributed by atoms with E-state index in [1.807, 2.05) is 4.90 Å². The number of fused-ring (bicyclic) bond motifs is 1. The van der Waals surface area contributed by atoms with Crippen LogP contribution in [0.1, 0.15) is 13.8 Å². The number of carbonyl (C=O) groups excluding carboxylic acids is 3. The molecule has 1 N–H and O–H groups in total. The molecule has 0 radical (unpaired) electrons. The summed E-state index contributed by atoms with van der Waals surface area (Å²) in [6.45, 7) is 5.24. The van der Waals surface area contributed by atoms with Gasteiger partial charge in [0.1, 0.15) is 12.1 Å². The first-order chi connectivity index (χ1) is 8.54. The Morgan fingerprint density at radius 2 is 2.22 bits per heavy atom. The maximum atomic E-state index is 11.6. The van der Waals surface area contributed by atoms with Gasteiger partial charge in [0.15, 0.2) is 0 Å². The molecule has 2 rings (SSSR count). The van der Waals surface area contributed by atoms with Crippen molar-refractivity contribution in [3.8, 4) is 0 Å². The highest BCUT2D eigenvalue weighted by Gasteiger charge is 2.43. The number of nitrogens with zero attached hydrogens (tertiary/aromatic N) is 2. The molecule has 2 atom stereocenters. The van der Waals surface area contributed by atoms with Crippen molar-refractivity contribution < 1.29 is 19.1 Å². The average Bonchev–Trinajstić information content (AvgIpc) is 2.64. The number of carbonyl (C=O) groups is 3. The Labute approximate surface area is 105 Å². The number of urea groups is 1. The molecule has 0 aromatic rings. The Morgan fingerprint density at radius 1 is 1.50 bits per heavy atom. The minimum absolute atomic E-state index is 0.291. The highest BCUT2D eigenvalue weighted by Crippen LogP contribution is 2.17. The van der Waals surface area contributed by atoms with Crippen LogP contribution in [0.5, 0.6) is 0 Å². The summed E-state index contributed by atoms with van der Waals surface area (Å²) in [5.41, 5.74) is 0. The molecular weight excluding hydrogens is 238 g/mol. The van der Waals surface area contributed by atoms with Gasteiger partial charge in [-0.15, -0.1) is 0 Å². The zero-order valence-electron chi connectivity index (χ0n) is 10.5. The van der Waals surface area contributed by atoms with E-state index >= 15 is 0 Å². The third-order valence-corrected chi connectivity index (χ3v) is 3.38. The number of rotatable bonds is 3. The molecule has 2 heterocycles. The Morgan fingerprint density at radius 3 is 2.89 bits per heavy atom. The maximum Gasteiger partial charge on any atom is 0.324 e. The number of esters is 1. The van der Waals surface area contributed by atoms with Crippen LogP contribution in [0.25, 0.3) is 0 Å². The van der Waals surface area contributed by atoms with Crippen LogP contribution < -0.4 is 5.32 Å². The van der Waals surface area contributed by atoms with E-state index in [1.165, 1.54) is 4.90 Å². The maximum absolute atomic E-state index is 11.6. The van der Waals surface area contributed by atoms with Crippen molar-refractivity contribution in [3.05, 3.63) is 0 Å². The summed E-state index contributed by atoms with van der Waals surface area (Å²) in [5, 5.41) is 2.28. The molecule has 0 saturated carbocycles. The summed E-state index contributed by atoms with van der Waals surface area (Å²) in [4.78, 5) is 38.0. The van der Waals surface area contributed by atoms with Crippen molar-refractivity contribution in [2.24, 2.45) is 0 Å². The summed E-state index contributed by atoms with van der Waals surface area (Å²) in [5.74, 6) is -0.587. The summed E-state index contributed by atoms with van der Waals surface area (Å²) in [7, 11) is 0. The zero-order valence-corrected chi connectivity index (χ0v) is 10.5. The highest BCUT2D eigenvalue weighted by atomic mass is 16.5. The lowest BCUT2D eigenvalue weighted by Crippen LogP contribution is -2.56. The summed E-state index contributed by atoms with van der Waals surface area (Å²) in [6.07, 6.45) is 0. The quantitative estimate of drug-likeness (QED) is 0.526. The largest absolute Gasteiger partial charge is 0.465 e. The molecule has 2 aliphatic heterocycles. The fourth-order valence-electron chi connectivity index (χ4n) is 2.30. The van der Waals surface area contributed by atoms with Gasteiger partial charge in [0, 0.05) is 19.6 Å². The Hall–Kier alpha value is -1.63. The number of hydrogen-bond donors (Lipinski definition) is 1. The van der Waals surface area contributed by atoms with E-state index in [2.05, 4.69) is 5.32 Å².